The molecule has 0 radical (unpaired) electrons. The molecule has 0 fully saturated rings. The second-order valence-electron chi connectivity index (χ2n) is 0. The van der Waals surface area contributed by atoms with Crippen LogP contribution in [0.5, 0.6) is 0 Å². The van der Waals surface area contributed by atoms with E-state index in [9.17, 15) is 0 Å². The first-order valence-corrected chi connectivity index (χ1v) is 0. The molecular weight excluding hydrogens is 421 g/mol. The molecule has 0 bridgehead atoms. The zero-order chi connectivity index (χ0) is 0. The van der Waals surface area contributed by atoms with E-state index in [2.05, 4.69) is 0 Å². The molecule has 0 amide bonds. The zero-order valence-electron chi connectivity index (χ0n) is 10.7. The van der Waals surface area contributed by atoms with Crippen molar-refractivity contribution in [2.24, 2.45) is 0 Å². The summed E-state index contributed by atoms with van der Waals surface area (Å²) in [5.41, 5.74) is 0. The van der Waals surface area contributed by atoms with E-state index < -0.39 is 0 Å². The standard InChI is InChI=1S/Al.3ClH.18H2O/h;3*1H;18*1H2/q+3;;;;;;;;;;;;;;;;;;;;;/p-3. The van der Waals surface area contributed by atoms with Gasteiger partial charge in [0.25, 0.3) is 0 Å². The summed E-state index contributed by atoms with van der Waals surface area (Å²) in [6, 6.07) is 0. The van der Waals surface area contributed by atoms with Gasteiger partial charge >= 0.3 is 17.4 Å². The Hall–Kier alpha value is 0.682. The maximum atomic E-state index is 0. The minimum Gasteiger partial charge on any atom is -1.00 e. The topological polar surface area (TPSA) is 567 Å². The average Bonchev–Trinajstić information content (AvgIpc) is 0. The Morgan fingerprint density at radius 2 is 0.136 bits per heavy atom. The van der Waals surface area contributed by atoms with E-state index in [-0.39, 0.29) is 153 Å². The van der Waals surface area contributed by atoms with Gasteiger partial charge in [0, 0.05) is 0 Å². The summed E-state index contributed by atoms with van der Waals surface area (Å²) in [5.74, 6) is 0. The summed E-state index contributed by atoms with van der Waals surface area (Å²) < 4.78 is 0. The van der Waals surface area contributed by atoms with Crippen LogP contribution < -0.4 is 37.2 Å². The van der Waals surface area contributed by atoms with Gasteiger partial charge in [-0.3, -0.25) is 0 Å². The Labute approximate surface area is 153 Å². The average molecular weight is 458 g/mol. The first kappa shape index (κ1) is 22900. The molecule has 0 unspecified atom stereocenters. The molecule has 0 spiro atoms. The summed E-state index contributed by atoms with van der Waals surface area (Å²) in [6.45, 7) is 0. The third-order valence-corrected chi connectivity index (χ3v) is 0. The van der Waals surface area contributed by atoms with Crippen LogP contribution in [0.25, 0.3) is 0 Å². The van der Waals surface area contributed by atoms with Gasteiger partial charge in [-0.05, 0) is 0 Å². The quantitative estimate of drug-likeness (QED) is 0.305. The second-order valence-corrected chi connectivity index (χ2v) is 0. The summed E-state index contributed by atoms with van der Waals surface area (Å²) in [4.78, 5) is 0. The molecule has 0 aromatic carbocycles. The van der Waals surface area contributed by atoms with Crippen LogP contribution in [0.3, 0.4) is 0 Å². The Kier molecular flexibility index (Phi) is 20700000. The van der Waals surface area contributed by atoms with Crippen LogP contribution in [-0.2, 0) is 0 Å². The minimum absolute atomic E-state index is 0. The van der Waals surface area contributed by atoms with Crippen molar-refractivity contribution in [2.45, 2.75) is 0 Å². The molecule has 0 aromatic rings. The van der Waals surface area contributed by atoms with Crippen molar-refractivity contribution in [1.29, 1.82) is 0 Å². The van der Waals surface area contributed by atoms with Crippen LogP contribution in [0.1, 0.15) is 0 Å². The molecule has 0 saturated carbocycles. The van der Waals surface area contributed by atoms with E-state index in [1.54, 1.807) is 0 Å². The predicted octanol–water partition coefficient (Wildman–Crippen LogP) is -24.2. The van der Waals surface area contributed by atoms with Crippen LogP contribution in [0.4, 0.5) is 0 Å². The molecule has 0 aliphatic carbocycles. The maximum absolute atomic E-state index is 0. The van der Waals surface area contributed by atoms with Crippen molar-refractivity contribution in [2.75, 3.05) is 0 Å². The molecule has 0 aliphatic rings. The van der Waals surface area contributed by atoms with E-state index >= 15 is 0 Å². The van der Waals surface area contributed by atoms with E-state index in [1.165, 1.54) is 0 Å². The molecule has 0 atom stereocenters. The van der Waals surface area contributed by atoms with Crippen LogP contribution in [-0.4, -0.2) is 116 Å². The smallest absolute Gasteiger partial charge is 1.00 e. The molecule has 0 heterocycles. The van der Waals surface area contributed by atoms with Crippen LogP contribution >= 0.6 is 0 Å². The van der Waals surface area contributed by atoms with Crippen molar-refractivity contribution in [3.05, 3.63) is 0 Å². The summed E-state index contributed by atoms with van der Waals surface area (Å²) >= 11 is 0. The molecule has 18 nitrogen and oxygen atoms in total. The SMILES string of the molecule is O.O.O.O.O.O.O.O.O.O.O.O.O.O.O.O.O.O.[Al+3].[Cl-].[Cl-].[Cl-]. The Bertz CT molecular complexity index is 18.3. The van der Waals surface area contributed by atoms with E-state index in [0.717, 1.165) is 0 Å². The molecular formula is H36AlCl3O18. The Morgan fingerprint density at radius 3 is 0.136 bits per heavy atom. The molecule has 0 saturated heterocycles. The van der Waals surface area contributed by atoms with Gasteiger partial charge in [0.1, 0.15) is 0 Å². The van der Waals surface area contributed by atoms with Crippen LogP contribution in [0, 0.1) is 0 Å². The third kappa shape index (κ3) is 17200. The van der Waals surface area contributed by atoms with Gasteiger partial charge in [0.05, 0.1) is 0 Å². The molecule has 0 rings (SSSR count). The van der Waals surface area contributed by atoms with Crippen molar-refractivity contribution in [3.8, 4) is 0 Å². The van der Waals surface area contributed by atoms with Gasteiger partial charge in [-0.15, -0.1) is 0 Å². The molecule has 0 aromatic heterocycles. The zero-order valence-corrected chi connectivity index (χ0v) is 14.1. The minimum atomic E-state index is 0. The number of rotatable bonds is 0. The molecule has 0 aliphatic heterocycles. The van der Waals surface area contributed by atoms with Gasteiger partial charge in [-0.2, -0.15) is 0 Å². The van der Waals surface area contributed by atoms with Gasteiger partial charge in [0.15, 0.2) is 0 Å². The fourth-order valence-corrected chi connectivity index (χ4v) is 0. The van der Waals surface area contributed by atoms with Crippen LogP contribution in [0.2, 0.25) is 0 Å². The molecule has 36 N–H and O–H groups in total. The fourth-order valence-electron chi connectivity index (χ4n) is 0. The Morgan fingerprint density at radius 1 is 0.136 bits per heavy atom. The third-order valence-electron chi connectivity index (χ3n) is 0. The van der Waals surface area contributed by atoms with E-state index in [4.69, 9.17) is 0 Å². The fraction of sp³-hybridized carbons (Fsp3) is 0. The number of hydrogen-bond acceptors (Lipinski definition) is 0. The van der Waals surface area contributed by atoms with Crippen molar-refractivity contribution < 1.29 is 136 Å². The van der Waals surface area contributed by atoms with Gasteiger partial charge in [-0.25, -0.2) is 0 Å². The van der Waals surface area contributed by atoms with Gasteiger partial charge < -0.3 is 136 Å². The number of hydrogen-bond donors (Lipinski definition) is 0. The second kappa shape index (κ2) is 19900. The number of halogens is 3. The molecule has 22 heavy (non-hydrogen) atoms. The molecule has 22 heteroatoms. The first-order chi connectivity index (χ1) is 0. The maximum Gasteiger partial charge on any atom is 3.00 e. The first-order valence-electron chi connectivity index (χ1n) is 0. The molecule has 168 valence electrons. The van der Waals surface area contributed by atoms with E-state index in [0.29, 0.717) is 0 Å². The predicted molar refractivity (Wildman–Crippen MR) is 70.8 cm³/mol. The largest absolute Gasteiger partial charge is 3.00 e. The van der Waals surface area contributed by atoms with Gasteiger partial charge in [-0.1, -0.05) is 0 Å². The van der Waals surface area contributed by atoms with Crippen molar-refractivity contribution in [1.82, 2.24) is 0 Å². The monoisotopic (exact) mass is 456 g/mol. The van der Waals surface area contributed by atoms with E-state index in [1.807, 2.05) is 0 Å². The summed E-state index contributed by atoms with van der Waals surface area (Å²) in [7, 11) is 0. The van der Waals surface area contributed by atoms with Crippen molar-refractivity contribution in [3.63, 3.8) is 0 Å². The Balaban J connectivity index is 0. The van der Waals surface area contributed by atoms with Crippen LogP contribution in [0.15, 0.2) is 0 Å². The normalized spacial score (nSPS) is 0. The summed E-state index contributed by atoms with van der Waals surface area (Å²) in [6.07, 6.45) is 0. The van der Waals surface area contributed by atoms with Crippen molar-refractivity contribution >= 4 is 17.4 Å². The van der Waals surface area contributed by atoms with Gasteiger partial charge in [0.2, 0.25) is 0 Å². The summed E-state index contributed by atoms with van der Waals surface area (Å²) in [5, 5.41) is 0.